The normalized spacial score (nSPS) is 25.2. The van der Waals surface area contributed by atoms with E-state index in [1.165, 1.54) is 0 Å². The van der Waals surface area contributed by atoms with Crippen LogP contribution in [0.5, 0.6) is 11.5 Å². The van der Waals surface area contributed by atoms with Gasteiger partial charge in [0.2, 0.25) is 5.91 Å². The molecule has 3 rings (SSSR count). The van der Waals surface area contributed by atoms with E-state index in [0.29, 0.717) is 32.3 Å². The molecule has 0 spiro atoms. The fraction of sp³-hybridized carbons (Fsp3) is 0.696. The number of hydrogen-bond acceptors (Lipinski definition) is 6. The lowest BCUT2D eigenvalue weighted by Gasteiger charge is -2.38. The Morgan fingerprint density at radius 1 is 1.13 bits per heavy atom. The van der Waals surface area contributed by atoms with E-state index in [1.54, 1.807) is 0 Å². The molecule has 1 aromatic carbocycles. The van der Waals surface area contributed by atoms with Gasteiger partial charge in [-0.3, -0.25) is 14.6 Å². The van der Waals surface area contributed by atoms with Gasteiger partial charge in [0.05, 0.1) is 31.9 Å². The molecule has 2 fully saturated rings. The highest BCUT2D eigenvalue weighted by Gasteiger charge is 2.30. The number of likely N-dealkylation sites (tertiary alicyclic amines) is 1. The second-order valence-electron chi connectivity index (χ2n) is 8.35. The molecule has 1 aromatic rings. The zero-order valence-corrected chi connectivity index (χ0v) is 18.6. The van der Waals surface area contributed by atoms with Crippen molar-refractivity contribution < 1.29 is 19.0 Å². The van der Waals surface area contributed by atoms with E-state index >= 15 is 0 Å². The number of morpholine rings is 1. The quantitative estimate of drug-likeness (QED) is 0.587. The first-order valence-corrected chi connectivity index (χ1v) is 11.3. The number of ether oxygens (including phenoxy) is 3. The van der Waals surface area contributed by atoms with Crippen molar-refractivity contribution in [2.45, 2.75) is 51.9 Å². The minimum Gasteiger partial charge on any atom is -0.494 e. The van der Waals surface area contributed by atoms with Crippen molar-refractivity contribution in [3.63, 3.8) is 0 Å². The Bertz CT molecular complexity index is 644. The maximum Gasteiger partial charge on any atom is 0.234 e. The van der Waals surface area contributed by atoms with Crippen molar-refractivity contribution >= 4 is 5.91 Å². The lowest BCUT2D eigenvalue weighted by molar-refractivity contribution is -0.122. The summed E-state index contributed by atoms with van der Waals surface area (Å²) in [6.45, 7) is 12.3. The van der Waals surface area contributed by atoms with Crippen molar-refractivity contribution in [1.82, 2.24) is 15.1 Å². The largest absolute Gasteiger partial charge is 0.494 e. The maximum absolute atomic E-state index is 12.4. The standard InChI is InChI=1S/C23H37N3O4/c1-4-28-21-7-9-22(10-8-21)29-13-11-24-23(27)17-26-12-5-6-20(26)16-25-14-18(2)30-19(3)15-25/h7-10,18-20H,4-6,11-17H2,1-3H3,(H,24,27). The van der Waals surface area contributed by atoms with E-state index in [1.807, 2.05) is 31.2 Å². The van der Waals surface area contributed by atoms with Crippen LogP contribution in [-0.4, -0.2) is 86.4 Å². The monoisotopic (exact) mass is 419 g/mol. The maximum atomic E-state index is 12.4. The summed E-state index contributed by atoms with van der Waals surface area (Å²) in [5, 5.41) is 2.99. The summed E-state index contributed by atoms with van der Waals surface area (Å²) in [5.74, 6) is 1.68. The Morgan fingerprint density at radius 2 is 1.80 bits per heavy atom. The van der Waals surface area contributed by atoms with Gasteiger partial charge in [0, 0.05) is 25.7 Å². The molecule has 0 aliphatic carbocycles. The molecule has 2 aliphatic heterocycles. The molecule has 0 bridgehead atoms. The molecule has 0 aromatic heterocycles. The minimum absolute atomic E-state index is 0.0703. The third kappa shape index (κ3) is 7.15. The van der Waals surface area contributed by atoms with E-state index in [9.17, 15) is 4.79 Å². The second-order valence-corrected chi connectivity index (χ2v) is 8.35. The van der Waals surface area contributed by atoms with Crippen LogP contribution in [0.15, 0.2) is 24.3 Å². The predicted octanol–water partition coefficient (Wildman–Crippen LogP) is 2.15. The van der Waals surface area contributed by atoms with Gasteiger partial charge in [0.1, 0.15) is 18.1 Å². The first-order chi connectivity index (χ1) is 14.5. The SMILES string of the molecule is CCOc1ccc(OCCNC(=O)CN2CCCC2CN2CC(C)OC(C)C2)cc1. The lowest BCUT2D eigenvalue weighted by Crippen LogP contribution is -2.51. The van der Waals surface area contributed by atoms with Gasteiger partial charge in [-0.05, 0) is 64.4 Å². The molecule has 2 aliphatic rings. The van der Waals surface area contributed by atoms with Crippen LogP contribution < -0.4 is 14.8 Å². The Labute approximate surface area is 180 Å². The number of benzene rings is 1. The summed E-state index contributed by atoms with van der Waals surface area (Å²) in [5.41, 5.74) is 0. The smallest absolute Gasteiger partial charge is 0.234 e. The number of carbonyl (C=O) groups is 1. The number of amides is 1. The average molecular weight is 420 g/mol. The Balaban J connectivity index is 1.34. The highest BCUT2D eigenvalue weighted by Crippen LogP contribution is 2.20. The molecule has 0 saturated carbocycles. The van der Waals surface area contributed by atoms with E-state index in [0.717, 1.165) is 50.5 Å². The van der Waals surface area contributed by atoms with Crippen LogP contribution in [0.3, 0.4) is 0 Å². The highest BCUT2D eigenvalue weighted by atomic mass is 16.5. The van der Waals surface area contributed by atoms with Gasteiger partial charge < -0.3 is 19.5 Å². The minimum atomic E-state index is 0.0703. The van der Waals surface area contributed by atoms with Crippen LogP contribution in [0.25, 0.3) is 0 Å². The summed E-state index contributed by atoms with van der Waals surface area (Å²) in [4.78, 5) is 17.2. The first kappa shape index (κ1) is 22.8. The van der Waals surface area contributed by atoms with Crippen molar-refractivity contribution in [2.24, 2.45) is 0 Å². The van der Waals surface area contributed by atoms with Gasteiger partial charge in [0.25, 0.3) is 0 Å². The molecular weight excluding hydrogens is 382 g/mol. The van der Waals surface area contributed by atoms with Crippen LogP contribution in [0, 0.1) is 0 Å². The molecule has 3 unspecified atom stereocenters. The summed E-state index contributed by atoms with van der Waals surface area (Å²) < 4.78 is 17.0. The van der Waals surface area contributed by atoms with Crippen LogP contribution in [0.2, 0.25) is 0 Å². The highest BCUT2D eigenvalue weighted by molar-refractivity contribution is 5.78. The summed E-state index contributed by atoms with van der Waals surface area (Å²) >= 11 is 0. The number of carbonyl (C=O) groups excluding carboxylic acids is 1. The van der Waals surface area contributed by atoms with Gasteiger partial charge in [-0.1, -0.05) is 0 Å². The fourth-order valence-electron chi connectivity index (χ4n) is 4.44. The zero-order chi connectivity index (χ0) is 21.3. The van der Waals surface area contributed by atoms with Crippen LogP contribution in [0.4, 0.5) is 0 Å². The van der Waals surface area contributed by atoms with Gasteiger partial charge >= 0.3 is 0 Å². The molecular formula is C23H37N3O4. The van der Waals surface area contributed by atoms with E-state index in [4.69, 9.17) is 14.2 Å². The molecule has 1 N–H and O–H groups in total. The van der Waals surface area contributed by atoms with Crippen LogP contribution >= 0.6 is 0 Å². The number of hydrogen-bond donors (Lipinski definition) is 1. The number of nitrogens with one attached hydrogen (secondary N) is 1. The third-order valence-electron chi connectivity index (χ3n) is 5.64. The van der Waals surface area contributed by atoms with Crippen LogP contribution in [-0.2, 0) is 9.53 Å². The van der Waals surface area contributed by atoms with Crippen molar-refractivity contribution in [3.05, 3.63) is 24.3 Å². The Kier molecular flexibility index (Phi) is 8.78. The molecule has 2 heterocycles. The Hall–Kier alpha value is -1.83. The molecule has 1 amide bonds. The summed E-state index contributed by atoms with van der Waals surface area (Å²) in [6.07, 6.45) is 2.88. The number of rotatable bonds is 10. The van der Waals surface area contributed by atoms with Crippen molar-refractivity contribution in [2.75, 3.05) is 52.5 Å². The molecule has 0 radical (unpaired) electrons. The summed E-state index contributed by atoms with van der Waals surface area (Å²) in [7, 11) is 0. The summed E-state index contributed by atoms with van der Waals surface area (Å²) in [6, 6.07) is 8.00. The first-order valence-electron chi connectivity index (χ1n) is 11.3. The topological polar surface area (TPSA) is 63.3 Å². The van der Waals surface area contributed by atoms with Crippen LogP contribution in [0.1, 0.15) is 33.6 Å². The molecule has 30 heavy (non-hydrogen) atoms. The number of nitrogens with zero attached hydrogens (tertiary/aromatic N) is 2. The predicted molar refractivity (Wildman–Crippen MR) is 117 cm³/mol. The van der Waals surface area contributed by atoms with E-state index < -0.39 is 0 Å². The molecule has 3 atom stereocenters. The van der Waals surface area contributed by atoms with Crippen molar-refractivity contribution in [3.8, 4) is 11.5 Å². The zero-order valence-electron chi connectivity index (χ0n) is 18.6. The molecule has 2 saturated heterocycles. The van der Waals surface area contributed by atoms with Gasteiger partial charge in [-0.15, -0.1) is 0 Å². The third-order valence-corrected chi connectivity index (χ3v) is 5.64. The molecule has 7 nitrogen and oxygen atoms in total. The average Bonchev–Trinajstić information content (AvgIpc) is 3.12. The molecule has 168 valence electrons. The van der Waals surface area contributed by atoms with E-state index in [-0.39, 0.29) is 18.1 Å². The van der Waals surface area contributed by atoms with Gasteiger partial charge in [-0.25, -0.2) is 0 Å². The second kappa shape index (κ2) is 11.5. The van der Waals surface area contributed by atoms with Crippen molar-refractivity contribution in [1.29, 1.82) is 0 Å². The lowest BCUT2D eigenvalue weighted by atomic mass is 10.1. The molecule has 7 heteroatoms. The van der Waals surface area contributed by atoms with E-state index in [2.05, 4.69) is 29.0 Å². The van der Waals surface area contributed by atoms with Gasteiger partial charge in [0.15, 0.2) is 0 Å². The fourth-order valence-corrected chi connectivity index (χ4v) is 4.44. The van der Waals surface area contributed by atoms with Gasteiger partial charge in [-0.2, -0.15) is 0 Å². The Morgan fingerprint density at radius 3 is 2.47 bits per heavy atom.